The molecular weight excluding hydrogens is 354 g/mol. The van der Waals surface area contributed by atoms with Gasteiger partial charge in [0, 0.05) is 17.9 Å². The molecule has 3 aliphatic carbocycles. The Hall–Kier alpha value is -3.13. The van der Waals surface area contributed by atoms with Gasteiger partial charge < -0.3 is 26.2 Å². The molecule has 0 spiro atoms. The molecule has 0 aliphatic heterocycles. The van der Waals surface area contributed by atoms with Crippen molar-refractivity contribution in [3.05, 3.63) is 46.2 Å². The van der Waals surface area contributed by atoms with Gasteiger partial charge in [0.25, 0.3) is 5.91 Å². The number of carbonyl (C=O) groups excluding carboxylic acids is 3. The maximum Gasteiger partial charge on any atom is 0.255 e. The zero-order chi connectivity index (χ0) is 19.7. The Bertz CT molecular complexity index is 990. The summed E-state index contributed by atoms with van der Waals surface area (Å²) in [5, 5.41) is 42.1. The van der Waals surface area contributed by atoms with Crippen molar-refractivity contribution in [2.75, 3.05) is 0 Å². The summed E-state index contributed by atoms with van der Waals surface area (Å²) in [7, 11) is 0. The van der Waals surface area contributed by atoms with Crippen molar-refractivity contribution in [2.24, 2.45) is 17.6 Å². The molecule has 0 aromatic heterocycles. The molecule has 3 aliphatic rings. The second-order valence-corrected chi connectivity index (χ2v) is 7.22. The van der Waals surface area contributed by atoms with Crippen LogP contribution in [0.3, 0.4) is 0 Å². The van der Waals surface area contributed by atoms with E-state index >= 15 is 0 Å². The number of aliphatic hydroxyl groups excluding tert-OH is 2. The van der Waals surface area contributed by atoms with Gasteiger partial charge in [-0.3, -0.25) is 14.4 Å². The molecule has 27 heavy (non-hydrogen) atoms. The minimum absolute atomic E-state index is 0.102. The van der Waals surface area contributed by atoms with Crippen molar-refractivity contribution >= 4 is 23.2 Å². The zero-order valence-corrected chi connectivity index (χ0v) is 14.1. The molecule has 1 fully saturated rings. The van der Waals surface area contributed by atoms with Crippen LogP contribution in [-0.4, -0.2) is 43.5 Å². The summed E-state index contributed by atoms with van der Waals surface area (Å²) >= 11 is 0. The first-order valence-corrected chi connectivity index (χ1v) is 8.46. The summed E-state index contributed by atoms with van der Waals surface area (Å²) in [4.78, 5) is 36.8. The second-order valence-electron chi connectivity index (χ2n) is 7.22. The number of rotatable bonds is 1. The van der Waals surface area contributed by atoms with Crippen LogP contribution in [0.1, 0.15) is 24.0 Å². The maximum atomic E-state index is 13.1. The molecule has 1 aromatic rings. The molecule has 0 saturated heterocycles. The van der Waals surface area contributed by atoms with Crippen LogP contribution in [0.15, 0.2) is 35.1 Å². The Kier molecular flexibility index (Phi) is 3.48. The van der Waals surface area contributed by atoms with Gasteiger partial charge in [-0.1, -0.05) is 12.1 Å². The fourth-order valence-corrected chi connectivity index (χ4v) is 4.56. The van der Waals surface area contributed by atoms with Gasteiger partial charge in [0.15, 0.2) is 11.4 Å². The van der Waals surface area contributed by atoms with E-state index in [1.165, 1.54) is 6.07 Å². The van der Waals surface area contributed by atoms with Crippen molar-refractivity contribution in [1.29, 1.82) is 0 Å². The first-order valence-electron chi connectivity index (χ1n) is 8.46. The summed E-state index contributed by atoms with van der Waals surface area (Å²) in [5.41, 5.74) is 2.42. The van der Waals surface area contributed by atoms with Crippen LogP contribution in [-0.2, 0) is 20.8 Å². The van der Waals surface area contributed by atoms with E-state index in [0.717, 1.165) is 0 Å². The van der Waals surface area contributed by atoms with Crippen molar-refractivity contribution < 1.29 is 34.8 Å². The third-order valence-electron chi connectivity index (χ3n) is 5.80. The molecule has 0 heterocycles. The van der Waals surface area contributed by atoms with E-state index in [0.29, 0.717) is 12.0 Å². The van der Waals surface area contributed by atoms with Crippen molar-refractivity contribution in [3.63, 3.8) is 0 Å². The number of amides is 1. The number of phenols is 1. The Morgan fingerprint density at radius 3 is 2.52 bits per heavy atom. The first kappa shape index (κ1) is 17.3. The molecule has 1 amide bonds. The standard InChI is InChI=1S/C19H17NO7/c20-18(26)14-11(22)6-9-5-8-4-7-2-1-3-10(21)12(7)15(23)13(8)16(24)19(9,27)17(14)25/h1-3,8-9,21,23,25,27H,4-6H2,(H2,20,26)/t8-,9+,19+/m0/s1. The number of ketones is 2. The molecule has 0 unspecified atom stereocenters. The summed E-state index contributed by atoms with van der Waals surface area (Å²) in [6.45, 7) is 0. The highest BCUT2D eigenvalue weighted by Crippen LogP contribution is 2.51. The van der Waals surface area contributed by atoms with Gasteiger partial charge in [0.2, 0.25) is 5.78 Å². The van der Waals surface area contributed by atoms with Gasteiger partial charge in [0.1, 0.15) is 22.8 Å². The summed E-state index contributed by atoms with van der Waals surface area (Å²) in [6, 6.07) is 4.69. The van der Waals surface area contributed by atoms with E-state index in [4.69, 9.17) is 5.73 Å². The number of aromatic hydroxyl groups is 1. The predicted octanol–water partition coefficient (Wildman–Crippen LogP) is 0.424. The van der Waals surface area contributed by atoms with Crippen LogP contribution in [0.2, 0.25) is 0 Å². The van der Waals surface area contributed by atoms with Crippen molar-refractivity contribution in [3.8, 4) is 5.75 Å². The highest BCUT2D eigenvalue weighted by atomic mass is 16.3. The van der Waals surface area contributed by atoms with Gasteiger partial charge in [-0.25, -0.2) is 0 Å². The average Bonchev–Trinajstić information content (AvgIpc) is 2.57. The van der Waals surface area contributed by atoms with Gasteiger partial charge in [-0.15, -0.1) is 0 Å². The number of aliphatic hydroxyl groups is 3. The van der Waals surface area contributed by atoms with E-state index in [9.17, 15) is 34.8 Å². The number of primary amides is 1. The van der Waals surface area contributed by atoms with Gasteiger partial charge in [-0.2, -0.15) is 0 Å². The first-order chi connectivity index (χ1) is 12.7. The smallest absolute Gasteiger partial charge is 0.255 e. The summed E-state index contributed by atoms with van der Waals surface area (Å²) in [6.07, 6.45) is 0.142. The largest absolute Gasteiger partial charge is 0.508 e. The third kappa shape index (κ3) is 2.10. The Morgan fingerprint density at radius 1 is 1.15 bits per heavy atom. The molecule has 140 valence electrons. The molecule has 1 aromatic carbocycles. The summed E-state index contributed by atoms with van der Waals surface area (Å²) in [5.74, 6) is -6.14. The van der Waals surface area contributed by atoms with Crippen LogP contribution < -0.4 is 5.73 Å². The normalized spacial score (nSPS) is 30.0. The lowest BCUT2D eigenvalue weighted by atomic mass is 9.59. The fourth-order valence-electron chi connectivity index (χ4n) is 4.56. The predicted molar refractivity (Wildman–Crippen MR) is 91.4 cm³/mol. The minimum Gasteiger partial charge on any atom is -0.508 e. The van der Waals surface area contributed by atoms with Crippen LogP contribution in [0.4, 0.5) is 0 Å². The quantitative estimate of drug-likeness (QED) is 0.448. The molecule has 3 atom stereocenters. The Balaban J connectivity index is 1.93. The topological polar surface area (TPSA) is 158 Å². The molecule has 8 heteroatoms. The lowest BCUT2D eigenvalue weighted by Crippen LogP contribution is -2.58. The summed E-state index contributed by atoms with van der Waals surface area (Å²) < 4.78 is 0. The molecule has 8 nitrogen and oxygen atoms in total. The number of Topliss-reactive ketones (excluding diaryl/α,β-unsaturated/α-hetero) is 2. The Morgan fingerprint density at radius 2 is 1.85 bits per heavy atom. The van der Waals surface area contributed by atoms with Crippen molar-refractivity contribution in [2.45, 2.75) is 24.9 Å². The van der Waals surface area contributed by atoms with Gasteiger partial charge >= 0.3 is 0 Å². The molecule has 0 bridgehead atoms. The van der Waals surface area contributed by atoms with E-state index in [1.54, 1.807) is 12.1 Å². The van der Waals surface area contributed by atoms with E-state index in [-0.39, 0.29) is 29.7 Å². The van der Waals surface area contributed by atoms with Crippen LogP contribution in [0.25, 0.3) is 5.76 Å². The number of carbonyl (C=O) groups is 3. The molecule has 6 N–H and O–H groups in total. The number of hydrogen-bond acceptors (Lipinski definition) is 7. The van der Waals surface area contributed by atoms with E-state index in [2.05, 4.69) is 0 Å². The van der Waals surface area contributed by atoms with E-state index in [1.807, 2.05) is 0 Å². The number of hydrogen-bond donors (Lipinski definition) is 5. The highest BCUT2D eigenvalue weighted by molar-refractivity contribution is 6.22. The lowest BCUT2D eigenvalue weighted by molar-refractivity contribution is -0.147. The second kappa shape index (κ2) is 5.43. The fraction of sp³-hybridized carbons (Fsp3) is 0.316. The van der Waals surface area contributed by atoms with Crippen molar-refractivity contribution in [1.82, 2.24) is 0 Å². The third-order valence-corrected chi connectivity index (χ3v) is 5.80. The van der Waals surface area contributed by atoms with Gasteiger partial charge in [0.05, 0.1) is 5.56 Å². The van der Waals surface area contributed by atoms with Crippen LogP contribution in [0, 0.1) is 11.8 Å². The number of fused-ring (bicyclic) bond motifs is 3. The van der Waals surface area contributed by atoms with Crippen LogP contribution in [0.5, 0.6) is 5.75 Å². The Labute approximate surface area is 153 Å². The average molecular weight is 371 g/mol. The lowest BCUT2D eigenvalue weighted by Gasteiger charge is -2.46. The van der Waals surface area contributed by atoms with Gasteiger partial charge in [-0.05, 0) is 30.4 Å². The minimum atomic E-state index is -2.51. The van der Waals surface area contributed by atoms with E-state index < -0.39 is 52.0 Å². The zero-order valence-electron chi connectivity index (χ0n) is 14.1. The molecule has 4 rings (SSSR count). The number of phenolic OH excluding ortho intramolecular Hbond substituents is 1. The monoisotopic (exact) mass is 371 g/mol. The highest BCUT2D eigenvalue weighted by Gasteiger charge is 2.60. The molecular formula is C19H17NO7. The number of nitrogens with two attached hydrogens (primary N) is 1. The number of benzene rings is 1. The SMILES string of the molecule is NC(=O)C1=C(O)[C@]2(O)C(=O)C3=C(O)c4c(O)cccc4C[C@H]3C[C@@H]2CC1=O. The molecule has 1 saturated carbocycles. The maximum absolute atomic E-state index is 13.1. The molecule has 0 radical (unpaired) electrons. The van der Waals surface area contributed by atoms with Crippen LogP contribution >= 0.6 is 0 Å².